The van der Waals surface area contributed by atoms with Gasteiger partial charge in [0.15, 0.2) is 0 Å². The van der Waals surface area contributed by atoms with Gasteiger partial charge in [0.2, 0.25) is 0 Å². The minimum atomic E-state index is 0.142. The van der Waals surface area contributed by atoms with E-state index in [0.717, 1.165) is 13.2 Å². The Balaban J connectivity index is 3.83. The van der Waals surface area contributed by atoms with Gasteiger partial charge in [-0.25, -0.2) is 0 Å². The molecule has 3 nitrogen and oxygen atoms in total. The fourth-order valence-corrected chi connectivity index (χ4v) is 5.08. The molecule has 0 aliphatic carbocycles. The van der Waals surface area contributed by atoms with E-state index < -0.39 is 0 Å². The van der Waals surface area contributed by atoms with Gasteiger partial charge in [-0.05, 0) is 25.7 Å². The van der Waals surface area contributed by atoms with Crippen molar-refractivity contribution in [2.24, 2.45) is 0 Å². The van der Waals surface area contributed by atoms with Gasteiger partial charge in [0, 0.05) is 0 Å². The molecule has 0 aromatic carbocycles. The number of unbranched alkanes of at least 4 members (excludes halogenated alkanes) is 17. The molecule has 0 aliphatic heterocycles. The lowest BCUT2D eigenvalue weighted by Crippen LogP contribution is -2.52. The smallest absolute Gasteiger partial charge is 0.102 e. The van der Waals surface area contributed by atoms with Crippen molar-refractivity contribution in [2.45, 2.75) is 149 Å². The molecular weight excluding hydrogens is 406 g/mol. The number of aliphatic hydroxyl groups is 1. The highest BCUT2D eigenvalue weighted by Crippen LogP contribution is 2.17. The van der Waals surface area contributed by atoms with Crippen LogP contribution >= 0.6 is 0 Å². The van der Waals surface area contributed by atoms with Gasteiger partial charge >= 0.3 is 0 Å². The first-order valence-corrected chi connectivity index (χ1v) is 15.3. The van der Waals surface area contributed by atoms with Gasteiger partial charge in [0.1, 0.15) is 6.54 Å². The predicted molar refractivity (Wildman–Crippen MR) is 147 cm³/mol. The Bertz CT molecular complexity index is 353. The molecule has 0 aromatic heterocycles. The molecule has 0 bridgehead atoms. The first-order valence-electron chi connectivity index (χ1n) is 15.3. The van der Waals surface area contributed by atoms with Gasteiger partial charge in [-0.3, -0.25) is 0 Å². The van der Waals surface area contributed by atoms with Crippen LogP contribution in [0.25, 0.3) is 0 Å². The van der Waals surface area contributed by atoms with Crippen LogP contribution in [0.15, 0.2) is 0 Å². The summed E-state index contributed by atoms with van der Waals surface area (Å²) in [4.78, 5) is 0. The minimum absolute atomic E-state index is 0.142. The summed E-state index contributed by atoms with van der Waals surface area (Å²) in [6, 6.07) is 0. The molecule has 33 heavy (non-hydrogen) atoms. The fraction of sp³-hybridized carbons (Fsp3) is 1.00. The minimum Gasteiger partial charge on any atom is -0.394 e. The fourth-order valence-electron chi connectivity index (χ4n) is 5.08. The Hall–Kier alpha value is -0.120. The summed E-state index contributed by atoms with van der Waals surface area (Å²) in [5, 5.41) is 9.01. The maximum Gasteiger partial charge on any atom is 0.102 e. The Morgan fingerprint density at radius 1 is 0.424 bits per heavy atom. The van der Waals surface area contributed by atoms with Gasteiger partial charge < -0.3 is 14.3 Å². The number of ether oxygens (including phenoxy) is 1. The molecule has 0 aromatic rings. The third-order valence-electron chi connectivity index (χ3n) is 7.40. The Morgan fingerprint density at radius 3 is 1.18 bits per heavy atom. The van der Waals surface area contributed by atoms with Crippen LogP contribution in [0.4, 0.5) is 0 Å². The number of nitrogens with zero attached hydrogens (tertiary/aromatic N) is 1. The molecule has 0 heterocycles. The second-order valence-electron chi connectivity index (χ2n) is 10.6. The van der Waals surface area contributed by atoms with E-state index in [1.165, 1.54) is 153 Å². The van der Waals surface area contributed by atoms with Crippen LogP contribution < -0.4 is 0 Å². The molecule has 0 fully saturated rings. The Kier molecular flexibility index (Phi) is 26.4. The molecule has 0 unspecified atom stereocenters. The van der Waals surface area contributed by atoms with Crippen molar-refractivity contribution in [1.82, 2.24) is 0 Å². The molecule has 0 radical (unpaired) electrons. The topological polar surface area (TPSA) is 29.5 Å². The molecule has 0 aliphatic rings. The first-order chi connectivity index (χ1) is 16.2. The standard InChI is InChI=1S/C30H64NO2/c1-4-7-10-11-12-13-14-15-16-17-18-19-20-21-22-23-26-31(24-8-5-2,25-9-6-3)27-29-33-30-28-32/h32H,4-30H2,1-3H3/q+1. The number of quaternary nitrogens is 1. The maximum atomic E-state index is 9.01. The molecule has 0 rings (SSSR count). The summed E-state index contributed by atoms with van der Waals surface area (Å²) in [6.07, 6.45) is 28.2. The third-order valence-corrected chi connectivity index (χ3v) is 7.40. The number of rotatable bonds is 28. The Morgan fingerprint density at radius 2 is 0.788 bits per heavy atom. The van der Waals surface area contributed by atoms with Crippen molar-refractivity contribution in [3.8, 4) is 0 Å². The summed E-state index contributed by atoms with van der Waals surface area (Å²) in [6.45, 7) is 13.4. The zero-order valence-electron chi connectivity index (χ0n) is 23.4. The highest BCUT2D eigenvalue weighted by Gasteiger charge is 2.25. The van der Waals surface area contributed by atoms with E-state index >= 15 is 0 Å². The van der Waals surface area contributed by atoms with Crippen LogP contribution in [0.5, 0.6) is 0 Å². The van der Waals surface area contributed by atoms with Crippen molar-refractivity contribution < 1.29 is 14.3 Å². The van der Waals surface area contributed by atoms with Crippen LogP contribution in [0.2, 0.25) is 0 Å². The van der Waals surface area contributed by atoms with Crippen molar-refractivity contribution in [1.29, 1.82) is 0 Å². The van der Waals surface area contributed by atoms with Gasteiger partial charge in [-0.15, -0.1) is 0 Å². The molecule has 3 heteroatoms. The molecule has 0 saturated carbocycles. The number of hydrogen-bond acceptors (Lipinski definition) is 2. The lowest BCUT2D eigenvalue weighted by atomic mass is 10.0. The lowest BCUT2D eigenvalue weighted by Gasteiger charge is -2.39. The molecule has 200 valence electrons. The summed E-state index contributed by atoms with van der Waals surface area (Å²) < 4.78 is 6.91. The Labute approximate surface area is 209 Å². The van der Waals surface area contributed by atoms with E-state index in [1.54, 1.807) is 0 Å². The van der Waals surface area contributed by atoms with Gasteiger partial charge in [-0.1, -0.05) is 124 Å². The van der Waals surface area contributed by atoms with E-state index in [1.807, 2.05) is 0 Å². The van der Waals surface area contributed by atoms with Crippen molar-refractivity contribution >= 4 is 0 Å². The van der Waals surface area contributed by atoms with Crippen LogP contribution in [0, 0.1) is 0 Å². The second kappa shape index (κ2) is 26.5. The maximum absolute atomic E-state index is 9.01. The molecular formula is C30H64NO2+. The quantitative estimate of drug-likeness (QED) is 0.0915. The van der Waals surface area contributed by atoms with Gasteiger partial charge in [0.05, 0.1) is 39.5 Å². The average Bonchev–Trinajstić information content (AvgIpc) is 2.83. The van der Waals surface area contributed by atoms with Crippen LogP contribution in [-0.4, -0.2) is 55.6 Å². The molecule has 0 saturated heterocycles. The van der Waals surface area contributed by atoms with E-state index in [2.05, 4.69) is 20.8 Å². The SMILES string of the molecule is CCCCCCCCCCCCCCCCCC[N+](CCCC)(CCCC)CCOCCO. The number of hydrogen-bond donors (Lipinski definition) is 1. The first kappa shape index (κ1) is 32.9. The molecule has 0 amide bonds. The zero-order valence-corrected chi connectivity index (χ0v) is 23.4. The van der Waals surface area contributed by atoms with Crippen molar-refractivity contribution in [3.05, 3.63) is 0 Å². The second-order valence-corrected chi connectivity index (χ2v) is 10.6. The average molecular weight is 471 g/mol. The van der Waals surface area contributed by atoms with E-state index in [4.69, 9.17) is 9.84 Å². The molecule has 0 atom stereocenters. The van der Waals surface area contributed by atoms with Gasteiger partial charge in [0.25, 0.3) is 0 Å². The normalized spacial score (nSPS) is 12.0. The zero-order chi connectivity index (χ0) is 24.3. The largest absolute Gasteiger partial charge is 0.394 e. The molecule has 0 spiro atoms. The van der Waals surface area contributed by atoms with Crippen molar-refractivity contribution in [3.63, 3.8) is 0 Å². The van der Waals surface area contributed by atoms with E-state index in [9.17, 15) is 0 Å². The van der Waals surface area contributed by atoms with Crippen molar-refractivity contribution in [2.75, 3.05) is 46.0 Å². The predicted octanol–water partition coefficient (Wildman–Crippen LogP) is 8.67. The third kappa shape index (κ3) is 22.1. The summed E-state index contributed by atoms with van der Waals surface area (Å²) in [5.74, 6) is 0. The highest BCUT2D eigenvalue weighted by molar-refractivity contribution is 4.53. The van der Waals surface area contributed by atoms with Crippen LogP contribution in [0.1, 0.15) is 149 Å². The molecule has 1 N–H and O–H groups in total. The van der Waals surface area contributed by atoms with Crippen LogP contribution in [0.3, 0.4) is 0 Å². The summed E-state index contributed by atoms with van der Waals surface area (Å²) in [5.41, 5.74) is 0. The van der Waals surface area contributed by atoms with Crippen LogP contribution in [-0.2, 0) is 4.74 Å². The highest BCUT2D eigenvalue weighted by atomic mass is 16.5. The van der Waals surface area contributed by atoms with E-state index in [-0.39, 0.29) is 6.61 Å². The monoisotopic (exact) mass is 470 g/mol. The summed E-state index contributed by atoms with van der Waals surface area (Å²) >= 11 is 0. The lowest BCUT2D eigenvalue weighted by molar-refractivity contribution is -0.929. The van der Waals surface area contributed by atoms with E-state index in [0.29, 0.717) is 6.61 Å². The number of aliphatic hydroxyl groups excluding tert-OH is 1. The summed E-state index contributed by atoms with van der Waals surface area (Å²) in [7, 11) is 0. The van der Waals surface area contributed by atoms with Gasteiger partial charge in [-0.2, -0.15) is 0 Å².